The molecule has 6 heteroatoms. The van der Waals surface area contributed by atoms with Gasteiger partial charge in [0.2, 0.25) is 0 Å². The molecule has 0 N–H and O–H groups in total. The molecular weight excluding hydrogens is 336 g/mol. The van der Waals surface area contributed by atoms with Crippen LogP contribution in [0.4, 0.5) is 0 Å². The van der Waals surface area contributed by atoms with Gasteiger partial charge in [-0.3, -0.25) is 14.4 Å². The molecule has 0 saturated heterocycles. The van der Waals surface area contributed by atoms with Crippen LogP contribution in [-0.4, -0.2) is 37.2 Å². The summed E-state index contributed by atoms with van der Waals surface area (Å²) in [4.78, 5) is 33.5. The second-order valence-corrected chi connectivity index (χ2v) is 5.89. The number of ether oxygens (including phenoxy) is 3. The van der Waals surface area contributed by atoms with E-state index in [-0.39, 0.29) is 25.1 Å². The van der Waals surface area contributed by atoms with E-state index in [0.717, 1.165) is 5.56 Å². The summed E-state index contributed by atoms with van der Waals surface area (Å²) in [6, 6.07) is 9.61. The molecule has 0 aromatic heterocycles. The van der Waals surface area contributed by atoms with Gasteiger partial charge in [0.15, 0.2) is 0 Å². The standard InChI is InChI=1S/C20H26O6/c1-15(21)24-13-7-10-19(14-25-16(2)22)20(26-17(3)23)12-11-18-8-5-4-6-9-18/h4-6,8-9,11-12,19-20H,7,10,13-14H2,1-3H3. The zero-order valence-corrected chi connectivity index (χ0v) is 15.5. The van der Waals surface area contributed by atoms with Crippen LogP contribution in [0.3, 0.4) is 0 Å². The Hall–Kier alpha value is -2.63. The van der Waals surface area contributed by atoms with Crippen LogP contribution in [-0.2, 0) is 28.6 Å². The summed E-state index contributed by atoms with van der Waals surface area (Å²) in [6.07, 6.45) is 4.24. The van der Waals surface area contributed by atoms with E-state index < -0.39 is 18.0 Å². The van der Waals surface area contributed by atoms with E-state index in [1.54, 1.807) is 6.08 Å². The second kappa shape index (κ2) is 11.8. The molecule has 1 rings (SSSR count). The highest BCUT2D eigenvalue weighted by Crippen LogP contribution is 2.19. The molecule has 0 saturated carbocycles. The lowest BCUT2D eigenvalue weighted by atomic mass is 9.96. The molecule has 2 unspecified atom stereocenters. The predicted octanol–water partition coefficient (Wildman–Crippen LogP) is 3.15. The molecule has 0 amide bonds. The third-order valence-corrected chi connectivity index (χ3v) is 3.57. The lowest BCUT2D eigenvalue weighted by Crippen LogP contribution is -2.29. The van der Waals surface area contributed by atoms with Crippen LogP contribution in [0.2, 0.25) is 0 Å². The molecule has 0 heterocycles. The molecule has 1 aromatic rings. The van der Waals surface area contributed by atoms with Gasteiger partial charge in [-0.1, -0.05) is 36.4 Å². The van der Waals surface area contributed by atoms with Gasteiger partial charge in [-0.15, -0.1) is 0 Å². The number of benzene rings is 1. The Bertz CT molecular complexity index is 608. The van der Waals surface area contributed by atoms with Gasteiger partial charge < -0.3 is 14.2 Å². The second-order valence-electron chi connectivity index (χ2n) is 5.89. The molecule has 0 aliphatic carbocycles. The number of carbonyl (C=O) groups excluding carboxylic acids is 3. The Morgan fingerprint density at radius 1 is 0.962 bits per heavy atom. The first-order chi connectivity index (χ1) is 12.4. The molecule has 0 bridgehead atoms. The van der Waals surface area contributed by atoms with Gasteiger partial charge in [0, 0.05) is 26.7 Å². The van der Waals surface area contributed by atoms with Crippen LogP contribution in [0.15, 0.2) is 36.4 Å². The van der Waals surface area contributed by atoms with Crippen LogP contribution in [0.1, 0.15) is 39.2 Å². The minimum atomic E-state index is -0.551. The number of hydrogen-bond acceptors (Lipinski definition) is 6. The van der Waals surface area contributed by atoms with Crippen LogP contribution in [0.25, 0.3) is 6.08 Å². The average Bonchev–Trinajstić information content (AvgIpc) is 2.58. The first-order valence-electron chi connectivity index (χ1n) is 8.55. The van der Waals surface area contributed by atoms with Crippen LogP contribution in [0, 0.1) is 5.92 Å². The normalized spacial score (nSPS) is 13.0. The van der Waals surface area contributed by atoms with Gasteiger partial charge in [-0.05, 0) is 24.5 Å². The van der Waals surface area contributed by atoms with Crippen molar-refractivity contribution in [1.82, 2.24) is 0 Å². The van der Waals surface area contributed by atoms with Crippen molar-refractivity contribution in [2.24, 2.45) is 5.92 Å². The summed E-state index contributed by atoms with van der Waals surface area (Å²) < 4.78 is 15.5. The lowest BCUT2D eigenvalue weighted by molar-refractivity contribution is -0.150. The summed E-state index contributed by atoms with van der Waals surface area (Å²) in [5.74, 6) is -1.40. The first-order valence-corrected chi connectivity index (χ1v) is 8.55. The van der Waals surface area contributed by atoms with E-state index in [9.17, 15) is 14.4 Å². The number of esters is 3. The number of hydrogen-bond donors (Lipinski definition) is 0. The minimum Gasteiger partial charge on any atom is -0.466 e. The van der Waals surface area contributed by atoms with Crippen molar-refractivity contribution >= 4 is 24.0 Å². The molecule has 26 heavy (non-hydrogen) atoms. The Kier molecular flexibility index (Phi) is 9.75. The third kappa shape index (κ3) is 9.61. The third-order valence-electron chi connectivity index (χ3n) is 3.57. The summed E-state index contributed by atoms with van der Waals surface area (Å²) in [6.45, 7) is 4.40. The zero-order chi connectivity index (χ0) is 19.4. The highest BCUT2D eigenvalue weighted by molar-refractivity contribution is 5.67. The molecule has 2 atom stereocenters. The van der Waals surface area contributed by atoms with Crippen molar-refractivity contribution in [3.63, 3.8) is 0 Å². The van der Waals surface area contributed by atoms with E-state index >= 15 is 0 Å². The minimum absolute atomic E-state index is 0.118. The van der Waals surface area contributed by atoms with Gasteiger partial charge in [0.25, 0.3) is 0 Å². The fraction of sp³-hybridized carbons (Fsp3) is 0.450. The van der Waals surface area contributed by atoms with E-state index in [0.29, 0.717) is 12.8 Å². The van der Waals surface area contributed by atoms with Gasteiger partial charge in [-0.2, -0.15) is 0 Å². The maximum Gasteiger partial charge on any atom is 0.303 e. The van der Waals surface area contributed by atoms with Crippen LogP contribution in [0.5, 0.6) is 0 Å². The molecule has 0 aliphatic rings. The average molecular weight is 362 g/mol. The Morgan fingerprint density at radius 3 is 2.19 bits per heavy atom. The molecule has 1 aromatic carbocycles. The Balaban J connectivity index is 2.83. The van der Waals surface area contributed by atoms with Gasteiger partial charge in [0.05, 0.1) is 13.2 Å². The predicted molar refractivity (Wildman–Crippen MR) is 97.0 cm³/mol. The van der Waals surface area contributed by atoms with E-state index in [4.69, 9.17) is 14.2 Å². The first kappa shape index (κ1) is 21.4. The lowest BCUT2D eigenvalue weighted by Gasteiger charge is -2.24. The fourth-order valence-corrected chi connectivity index (χ4v) is 2.38. The van der Waals surface area contributed by atoms with Crippen molar-refractivity contribution in [1.29, 1.82) is 0 Å². The van der Waals surface area contributed by atoms with Crippen molar-refractivity contribution in [2.75, 3.05) is 13.2 Å². The van der Waals surface area contributed by atoms with Crippen LogP contribution >= 0.6 is 0 Å². The largest absolute Gasteiger partial charge is 0.466 e. The van der Waals surface area contributed by atoms with Gasteiger partial charge in [-0.25, -0.2) is 0 Å². The van der Waals surface area contributed by atoms with Crippen molar-refractivity contribution in [2.45, 2.75) is 39.7 Å². The SMILES string of the molecule is CC(=O)OCCCC(COC(C)=O)C(C=Cc1ccccc1)OC(C)=O. The monoisotopic (exact) mass is 362 g/mol. The molecular formula is C20H26O6. The summed E-state index contributed by atoms with van der Waals surface area (Å²) in [7, 11) is 0. The molecule has 0 spiro atoms. The summed E-state index contributed by atoms with van der Waals surface area (Å²) in [5.41, 5.74) is 0.968. The zero-order valence-electron chi connectivity index (χ0n) is 15.5. The highest BCUT2D eigenvalue weighted by Gasteiger charge is 2.23. The van der Waals surface area contributed by atoms with Crippen molar-refractivity contribution in [3.8, 4) is 0 Å². The van der Waals surface area contributed by atoms with Crippen LogP contribution < -0.4 is 0 Å². The molecule has 0 fully saturated rings. The Morgan fingerprint density at radius 2 is 1.62 bits per heavy atom. The molecule has 0 aliphatic heterocycles. The molecule has 6 nitrogen and oxygen atoms in total. The van der Waals surface area contributed by atoms with E-state index in [1.807, 2.05) is 36.4 Å². The fourth-order valence-electron chi connectivity index (χ4n) is 2.38. The maximum absolute atomic E-state index is 11.5. The van der Waals surface area contributed by atoms with E-state index in [2.05, 4.69) is 0 Å². The van der Waals surface area contributed by atoms with Crippen molar-refractivity contribution < 1.29 is 28.6 Å². The van der Waals surface area contributed by atoms with Crippen molar-refractivity contribution in [3.05, 3.63) is 42.0 Å². The number of carbonyl (C=O) groups is 3. The molecule has 0 radical (unpaired) electrons. The van der Waals surface area contributed by atoms with E-state index in [1.165, 1.54) is 20.8 Å². The summed E-state index contributed by atoms with van der Waals surface area (Å²) >= 11 is 0. The Labute approximate surface area is 154 Å². The highest BCUT2D eigenvalue weighted by atomic mass is 16.6. The number of rotatable bonds is 10. The quantitative estimate of drug-likeness (QED) is 0.361. The maximum atomic E-state index is 11.5. The van der Waals surface area contributed by atoms with Gasteiger partial charge >= 0.3 is 17.9 Å². The molecule has 142 valence electrons. The van der Waals surface area contributed by atoms with Gasteiger partial charge in [0.1, 0.15) is 6.10 Å². The summed E-state index contributed by atoms with van der Waals surface area (Å²) in [5, 5.41) is 0. The topological polar surface area (TPSA) is 78.9 Å². The smallest absolute Gasteiger partial charge is 0.303 e.